The number of anilines is 1. The molecule has 0 saturated heterocycles. The first-order valence-electron chi connectivity index (χ1n) is 5.80. The van der Waals surface area contributed by atoms with Crippen molar-refractivity contribution in [2.24, 2.45) is 5.73 Å². The topological polar surface area (TPSA) is 72.2 Å². The number of hydrogen-bond donors (Lipinski definition) is 2. The monoisotopic (exact) mass is 456 g/mol. The van der Waals surface area contributed by atoms with Gasteiger partial charge in [-0.2, -0.15) is 0 Å². The molecule has 0 amide bonds. The number of rotatable bonds is 4. The Bertz CT molecular complexity index is 764. The Labute approximate surface area is 146 Å². The molecule has 3 N–H and O–H groups in total. The molecule has 112 valence electrons. The number of nitrogens with one attached hydrogen (secondary N) is 1. The molecule has 8 heteroatoms. The molecule has 0 aliphatic carbocycles. The standard InChI is InChI=1S/C13H11Cl2IN2O2S/c14-11-6-12(15)13(5-8(11)7-17)21(19,20)18-10-3-1-9(16)2-4-10/h1-6,18H,7,17H2. The van der Waals surface area contributed by atoms with E-state index in [4.69, 9.17) is 28.9 Å². The second kappa shape index (κ2) is 6.70. The molecule has 4 nitrogen and oxygen atoms in total. The van der Waals surface area contributed by atoms with Gasteiger partial charge in [0.1, 0.15) is 4.90 Å². The number of halogens is 3. The summed E-state index contributed by atoms with van der Waals surface area (Å²) < 4.78 is 28.3. The van der Waals surface area contributed by atoms with Crippen molar-refractivity contribution in [3.8, 4) is 0 Å². The molecule has 0 radical (unpaired) electrons. The molecule has 0 bridgehead atoms. The van der Waals surface area contributed by atoms with Crippen LogP contribution < -0.4 is 10.5 Å². The summed E-state index contributed by atoms with van der Waals surface area (Å²) in [4.78, 5) is -0.0485. The number of sulfonamides is 1. The van der Waals surface area contributed by atoms with Crippen LogP contribution in [0, 0.1) is 3.57 Å². The maximum Gasteiger partial charge on any atom is 0.263 e. The summed E-state index contributed by atoms with van der Waals surface area (Å²) in [7, 11) is -3.80. The molecular formula is C13H11Cl2IN2O2S. The van der Waals surface area contributed by atoms with E-state index in [2.05, 4.69) is 27.3 Å². The second-order valence-electron chi connectivity index (χ2n) is 4.19. The third-order valence-electron chi connectivity index (χ3n) is 2.71. The van der Waals surface area contributed by atoms with Crippen LogP contribution >= 0.6 is 45.8 Å². The van der Waals surface area contributed by atoms with Gasteiger partial charge in [-0.05, 0) is 64.6 Å². The number of benzene rings is 2. The molecule has 2 aromatic rings. The van der Waals surface area contributed by atoms with E-state index in [0.717, 1.165) is 3.57 Å². The lowest BCUT2D eigenvalue weighted by Crippen LogP contribution is -2.14. The van der Waals surface area contributed by atoms with E-state index in [-0.39, 0.29) is 16.5 Å². The predicted molar refractivity (Wildman–Crippen MR) is 94.3 cm³/mol. The molecule has 0 aliphatic heterocycles. The van der Waals surface area contributed by atoms with Crippen LogP contribution in [-0.4, -0.2) is 8.42 Å². The summed E-state index contributed by atoms with van der Waals surface area (Å²) in [6.07, 6.45) is 0. The normalized spacial score (nSPS) is 11.4. The van der Waals surface area contributed by atoms with Gasteiger partial charge in [0.25, 0.3) is 10.0 Å². The molecule has 0 spiro atoms. The molecule has 0 unspecified atom stereocenters. The summed E-state index contributed by atoms with van der Waals surface area (Å²) in [6.45, 7) is 0.127. The summed E-state index contributed by atoms with van der Waals surface area (Å²) in [5.41, 5.74) is 6.51. The van der Waals surface area contributed by atoms with Gasteiger partial charge < -0.3 is 5.73 Å². The van der Waals surface area contributed by atoms with Crippen molar-refractivity contribution in [1.82, 2.24) is 0 Å². The lowest BCUT2D eigenvalue weighted by molar-refractivity contribution is 0.601. The van der Waals surface area contributed by atoms with Gasteiger partial charge in [0.15, 0.2) is 0 Å². The maximum atomic E-state index is 12.4. The quantitative estimate of drug-likeness (QED) is 0.686. The van der Waals surface area contributed by atoms with Gasteiger partial charge in [0.05, 0.1) is 5.02 Å². The Morgan fingerprint density at radius 1 is 1.10 bits per heavy atom. The lowest BCUT2D eigenvalue weighted by Gasteiger charge is -2.12. The van der Waals surface area contributed by atoms with Gasteiger partial charge in [0, 0.05) is 20.8 Å². The highest BCUT2D eigenvalue weighted by molar-refractivity contribution is 14.1. The Morgan fingerprint density at radius 3 is 2.29 bits per heavy atom. The Kier molecular flexibility index (Phi) is 5.37. The fourth-order valence-electron chi connectivity index (χ4n) is 1.66. The minimum atomic E-state index is -3.80. The molecule has 0 heterocycles. The van der Waals surface area contributed by atoms with Crippen LogP contribution in [0.4, 0.5) is 5.69 Å². The van der Waals surface area contributed by atoms with Gasteiger partial charge in [0.2, 0.25) is 0 Å². The van der Waals surface area contributed by atoms with E-state index in [0.29, 0.717) is 16.3 Å². The zero-order chi connectivity index (χ0) is 15.6. The second-order valence-corrected chi connectivity index (χ2v) is 7.90. The Balaban J connectivity index is 2.42. The number of nitrogens with two attached hydrogens (primary N) is 1. The fourth-order valence-corrected chi connectivity index (χ4v) is 3.96. The van der Waals surface area contributed by atoms with Gasteiger partial charge in [-0.3, -0.25) is 4.72 Å². The van der Waals surface area contributed by atoms with E-state index in [1.165, 1.54) is 12.1 Å². The van der Waals surface area contributed by atoms with Crippen molar-refractivity contribution in [2.45, 2.75) is 11.4 Å². The van der Waals surface area contributed by atoms with Gasteiger partial charge >= 0.3 is 0 Å². The van der Waals surface area contributed by atoms with Gasteiger partial charge in [-0.25, -0.2) is 8.42 Å². The first-order valence-corrected chi connectivity index (χ1v) is 9.11. The average molecular weight is 457 g/mol. The summed E-state index contributed by atoms with van der Waals surface area (Å²) in [5.74, 6) is 0. The van der Waals surface area contributed by atoms with E-state index < -0.39 is 10.0 Å². The van der Waals surface area contributed by atoms with Crippen LogP contribution in [0.5, 0.6) is 0 Å². The summed E-state index contributed by atoms with van der Waals surface area (Å²) in [6, 6.07) is 9.72. The molecule has 0 fully saturated rings. The summed E-state index contributed by atoms with van der Waals surface area (Å²) >= 11 is 14.1. The molecule has 2 rings (SSSR count). The maximum absolute atomic E-state index is 12.4. The largest absolute Gasteiger partial charge is 0.326 e. The highest BCUT2D eigenvalue weighted by Gasteiger charge is 2.20. The van der Waals surface area contributed by atoms with Crippen LogP contribution in [-0.2, 0) is 16.6 Å². The molecule has 0 saturated carbocycles. The highest BCUT2D eigenvalue weighted by Crippen LogP contribution is 2.29. The van der Waals surface area contributed by atoms with Crippen molar-refractivity contribution < 1.29 is 8.42 Å². The minimum Gasteiger partial charge on any atom is -0.326 e. The van der Waals surface area contributed by atoms with Crippen LogP contribution in [0.3, 0.4) is 0 Å². The van der Waals surface area contributed by atoms with Crippen molar-refractivity contribution in [3.63, 3.8) is 0 Å². The van der Waals surface area contributed by atoms with Crippen molar-refractivity contribution in [2.75, 3.05) is 4.72 Å². The first-order chi connectivity index (χ1) is 9.83. The predicted octanol–water partition coefficient (Wildman–Crippen LogP) is 3.86. The molecular weight excluding hydrogens is 446 g/mol. The third-order valence-corrected chi connectivity index (χ3v) is 5.62. The summed E-state index contributed by atoms with van der Waals surface area (Å²) in [5, 5.41) is 0.394. The van der Waals surface area contributed by atoms with Crippen molar-refractivity contribution in [1.29, 1.82) is 0 Å². The smallest absolute Gasteiger partial charge is 0.263 e. The van der Waals surface area contributed by atoms with Crippen LogP contribution in [0.2, 0.25) is 10.0 Å². The third kappa shape index (κ3) is 4.01. The van der Waals surface area contributed by atoms with Crippen LogP contribution in [0.15, 0.2) is 41.3 Å². The molecule has 0 aromatic heterocycles. The van der Waals surface area contributed by atoms with Crippen molar-refractivity contribution >= 4 is 61.5 Å². The Hall–Kier alpha value is -0.540. The first kappa shape index (κ1) is 16.8. The fraction of sp³-hybridized carbons (Fsp3) is 0.0769. The number of hydrogen-bond acceptors (Lipinski definition) is 3. The lowest BCUT2D eigenvalue weighted by atomic mass is 10.2. The van der Waals surface area contributed by atoms with E-state index in [1.807, 2.05) is 0 Å². The zero-order valence-corrected chi connectivity index (χ0v) is 15.1. The van der Waals surface area contributed by atoms with E-state index >= 15 is 0 Å². The van der Waals surface area contributed by atoms with E-state index in [9.17, 15) is 8.42 Å². The minimum absolute atomic E-state index is 0.0485. The molecule has 0 aliphatic rings. The molecule has 21 heavy (non-hydrogen) atoms. The van der Waals surface area contributed by atoms with Gasteiger partial charge in [-0.1, -0.05) is 23.2 Å². The van der Waals surface area contributed by atoms with E-state index in [1.54, 1.807) is 24.3 Å². The Morgan fingerprint density at radius 2 is 1.71 bits per heavy atom. The average Bonchev–Trinajstić information content (AvgIpc) is 2.41. The zero-order valence-electron chi connectivity index (χ0n) is 10.6. The van der Waals surface area contributed by atoms with Crippen LogP contribution in [0.25, 0.3) is 0 Å². The van der Waals surface area contributed by atoms with Crippen LogP contribution in [0.1, 0.15) is 5.56 Å². The molecule has 2 aromatic carbocycles. The molecule has 0 atom stereocenters. The van der Waals surface area contributed by atoms with Gasteiger partial charge in [-0.15, -0.1) is 0 Å². The highest BCUT2D eigenvalue weighted by atomic mass is 127. The SMILES string of the molecule is NCc1cc(S(=O)(=O)Nc2ccc(I)cc2)c(Cl)cc1Cl. The van der Waals surface area contributed by atoms with Crippen molar-refractivity contribution in [3.05, 3.63) is 55.6 Å².